The third-order valence-electron chi connectivity index (χ3n) is 0.0913. The van der Waals surface area contributed by atoms with Gasteiger partial charge in [-0.05, 0) is 13.8 Å². The van der Waals surface area contributed by atoms with Gasteiger partial charge in [0, 0.05) is 7.05 Å². The Labute approximate surface area is 49.1 Å². The first-order chi connectivity index (χ1) is 3.65. The Morgan fingerprint density at radius 3 is 1.62 bits per heavy atom. The molecule has 0 aliphatic rings. The maximum absolute atomic E-state index is 9.53. The highest BCUT2D eigenvalue weighted by Gasteiger charge is 1.73. The van der Waals surface area contributed by atoms with Crippen LogP contribution in [0, 0.1) is 0 Å². The van der Waals surface area contributed by atoms with Gasteiger partial charge >= 0.3 is 0 Å². The van der Waals surface area contributed by atoms with Gasteiger partial charge in [0.2, 0.25) is 6.08 Å². The van der Waals surface area contributed by atoms with Crippen LogP contribution in [0.2, 0.25) is 0 Å². The molecule has 3 heteroatoms. The lowest BCUT2D eigenvalue weighted by Crippen LogP contribution is -1.81. The van der Waals surface area contributed by atoms with E-state index in [9.17, 15) is 5.11 Å². The molecule has 0 aliphatic carbocycles. The van der Waals surface area contributed by atoms with E-state index in [0.717, 1.165) is 0 Å². The van der Waals surface area contributed by atoms with Crippen molar-refractivity contribution in [3.63, 3.8) is 0 Å². The first-order valence-electron chi connectivity index (χ1n) is 2.27. The molecule has 0 aromatic heterocycles. The Morgan fingerprint density at radius 2 is 1.62 bits per heavy atom. The van der Waals surface area contributed by atoms with E-state index in [4.69, 9.17) is 4.79 Å². The fourth-order valence-corrected chi connectivity index (χ4v) is 0. The van der Waals surface area contributed by atoms with Crippen molar-refractivity contribution >= 4 is 6.08 Å². The molecule has 1 radical (unpaired) electrons. The summed E-state index contributed by atoms with van der Waals surface area (Å²) in [6, 6.07) is 0. The standard InChI is InChI=1S/C3H7O.C2H3NO/c1-3(2)4;1-3-2-4/h3H,1-2H3;1H3. The van der Waals surface area contributed by atoms with Gasteiger partial charge in [-0.25, -0.2) is 14.9 Å². The summed E-state index contributed by atoms with van der Waals surface area (Å²) in [7, 11) is 1.38. The number of hydrogen-bond donors (Lipinski definition) is 0. The van der Waals surface area contributed by atoms with Crippen LogP contribution in [0.15, 0.2) is 4.99 Å². The van der Waals surface area contributed by atoms with E-state index < -0.39 is 6.10 Å². The van der Waals surface area contributed by atoms with Crippen LogP contribution < -0.4 is 0 Å². The van der Waals surface area contributed by atoms with Crippen molar-refractivity contribution < 1.29 is 9.90 Å². The first kappa shape index (κ1) is 10.3. The van der Waals surface area contributed by atoms with Gasteiger partial charge in [0.1, 0.15) is 0 Å². The summed E-state index contributed by atoms with van der Waals surface area (Å²) in [4.78, 5) is 11.8. The molecule has 3 nitrogen and oxygen atoms in total. The maximum atomic E-state index is 9.53. The van der Waals surface area contributed by atoms with Gasteiger partial charge in [-0.3, -0.25) is 0 Å². The molecule has 0 amide bonds. The van der Waals surface area contributed by atoms with E-state index in [2.05, 4.69) is 4.99 Å². The van der Waals surface area contributed by atoms with Crippen LogP contribution in [-0.4, -0.2) is 19.2 Å². The second kappa shape index (κ2) is 9.60. The van der Waals surface area contributed by atoms with E-state index in [-0.39, 0.29) is 0 Å². The maximum Gasteiger partial charge on any atom is 0.234 e. The largest absolute Gasteiger partial charge is 0.234 e. The quantitative estimate of drug-likeness (QED) is 0.340. The van der Waals surface area contributed by atoms with E-state index in [1.807, 2.05) is 0 Å². The molecule has 0 saturated heterocycles. The highest BCUT2D eigenvalue weighted by molar-refractivity contribution is 5.32. The van der Waals surface area contributed by atoms with Gasteiger partial charge in [0.25, 0.3) is 0 Å². The second-order valence-corrected chi connectivity index (χ2v) is 1.36. The third kappa shape index (κ3) is 870. The van der Waals surface area contributed by atoms with Crippen LogP contribution in [-0.2, 0) is 9.90 Å². The van der Waals surface area contributed by atoms with Crippen molar-refractivity contribution in [1.82, 2.24) is 0 Å². The Balaban J connectivity index is 0. The molecular weight excluding hydrogens is 106 g/mol. The zero-order valence-corrected chi connectivity index (χ0v) is 5.34. The molecule has 0 bridgehead atoms. The molecule has 0 aliphatic heterocycles. The summed E-state index contributed by atoms with van der Waals surface area (Å²) in [5.41, 5.74) is 0. The number of nitrogens with zero attached hydrogens (tertiary/aromatic N) is 1. The summed E-state index contributed by atoms with van der Waals surface area (Å²) in [6.45, 7) is 3.22. The monoisotopic (exact) mass is 116 g/mol. The van der Waals surface area contributed by atoms with Gasteiger partial charge in [-0.15, -0.1) is 0 Å². The van der Waals surface area contributed by atoms with E-state index >= 15 is 0 Å². The van der Waals surface area contributed by atoms with Crippen molar-refractivity contribution in [2.75, 3.05) is 7.05 Å². The molecule has 47 valence electrons. The van der Waals surface area contributed by atoms with E-state index in [0.29, 0.717) is 0 Å². The molecule has 0 aromatic rings. The number of carbonyl (C=O) groups excluding carboxylic acids is 1. The molecular formula is C5H10NO2. The van der Waals surface area contributed by atoms with E-state index in [1.165, 1.54) is 13.1 Å². The number of rotatable bonds is 0. The summed E-state index contributed by atoms with van der Waals surface area (Å²) >= 11 is 0. The van der Waals surface area contributed by atoms with Crippen LogP contribution in [0.5, 0.6) is 0 Å². The molecule has 0 atom stereocenters. The summed E-state index contributed by atoms with van der Waals surface area (Å²) in [5.74, 6) is 0. The number of aliphatic imine (C=N–C) groups is 1. The van der Waals surface area contributed by atoms with Gasteiger partial charge in [0.15, 0.2) is 0 Å². The SMILES string of the molecule is CC(C)[O].CN=C=O. The molecule has 0 saturated carbocycles. The van der Waals surface area contributed by atoms with Crippen molar-refractivity contribution in [3.05, 3.63) is 0 Å². The van der Waals surface area contributed by atoms with Gasteiger partial charge in [-0.2, -0.15) is 0 Å². The smallest absolute Gasteiger partial charge is 0.234 e. The van der Waals surface area contributed by atoms with Crippen LogP contribution in [0.1, 0.15) is 13.8 Å². The van der Waals surface area contributed by atoms with Gasteiger partial charge in [-0.1, -0.05) is 0 Å². The molecule has 0 aromatic carbocycles. The average Bonchev–Trinajstić information content (AvgIpc) is 1.65. The predicted molar refractivity (Wildman–Crippen MR) is 29.9 cm³/mol. The Bertz CT molecular complexity index is 71.7. The van der Waals surface area contributed by atoms with Crippen molar-refractivity contribution in [1.29, 1.82) is 0 Å². The average molecular weight is 116 g/mol. The number of hydrogen-bond acceptors (Lipinski definition) is 2. The van der Waals surface area contributed by atoms with Crippen LogP contribution >= 0.6 is 0 Å². The Kier molecular flexibility index (Phi) is 12.4. The topological polar surface area (TPSA) is 49.3 Å². The first-order valence-corrected chi connectivity index (χ1v) is 2.27. The fraction of sp³-hybridized carbons (Fsp3) is 0.800. The molecule has 0 N–H and O–H groups in total. The second-order valence-electron chi connectivity index (χ2n) is 1.36. The summed E-state index contributed by atoms with van der Waals surface area (Å²) in [5, 5.41) is 9.53. The molecule has 8 heavy (non-hydrogen) atoms. The molecule has 0 rings (SSSR count). The lowest BCUT2D eigenvalue weighted by Gasteiger charge is -1.74. The highest BCUT2D eigenvalue weighted by Crippen LogP contribution is 1.67. The minimum absolute atomic E-state index is 0.417. The highest BCUT2D eigenvalue weighted by atomic mass is 16.3. The van der Waals surface area contributed by atoms with E-state index in [1.54, 1.807) is 13.8 Å². The normalized spacial score (nSPS) is 6.62. The molecule has 0 fully saturated rings. The minimum Gasteiger partial charge on any atom is -0.234 e. The predicted octanol–water partition coefficient (Wildman–Crippen LogP) is 0.777. The molecule has 0 unspecified atom stereocenters. The minimum atomic E-state index is -0.417. The zero-order chi connectivity index (χ0) is 6.99. The molecule has 0 heterocycles. The van der Waals surface area contributed by atoms with Crippen LogP contribution in [0.25, 0.3) is 0 Å². The third-order valence-corrected chi connectivity index (χ3v) is 0.0913. The zero-order valence-electron chi connectivity index (χ0n) is 5.34. The number of isocyanates is 1. The van der Waals surface area contributed by atoms with Crippen molar-refractivity contribution in [2.45, 2.75) is 20.0 Å². The lowest BCUT2D eigenvalue weighted by atomic mass is 10.5. The van der Waals surface area contributed by atoms with Crippen molar-refractivity contribution in [2.24, 2.45) is 4.99 Å². The Hall–Kier alpha value is -0.660. The van der Waals surface area contributed by atoms with Crippen LogP contribution in [0.3, 0.4) is 0 Å². The van der Waals surface area contributed by atoms with Gasteiger partial charge in [0.05, 0.1) is 6.10 Å². The molecule has 0 spiro atoms. The Morgan fingerprint density at radius 1 is 1.50 bits per heavy atom. The van der Waals surface area contributed by atoms with Crippen LogP contribution in [0.4, 0.5) is 0 Å². The fourth-order valence-electron chi connectivity index (χ4n) is 0. The lowest BCUT2D eigenvalue weighted by molar-refractivity contribution is 0.122. The summed E-state index contributed by atoms with van der Waals surface area (Å²) in [6.07, 6.45) is 0.889. The van der Waals surface area contributed by atoms with Gasteiger partial charge < -0.3 is 0 Å². The van der Waals surface area contributed by atoms with Crippen molar-refractivity contribution in [3.8, 4) is 0 Å². The summed E-state index contributed by atoms with van der Waals surface area (Å²) < 4.78 is 0.